The molecule has 2 aromatic carbocycles. The van der Waals surface area contributed by atoms with E-state index in [2.05, 4.69) is 49.5 Å². The summed E-state index contributed by atoms with van der Waals surface area (Å²) in [4.78, 5) is 15.8. The summed E-state index contributed by atoms with van der Waals surface area (Å²) in [6, 6.07) is 18.7. The zero-order chi connectivity index (χ0) is 17.5. The number of carbonyl (C=O) groups excluding carboxylic acids is 1. The monoisotopic (exact) mass is 334 g/mol. The van der Waals surface area contributed by atoms with Crippen molar-refractivity contribution < 1.29 is 4.79 Å². The zero-order valence-electron chi connectivity index (χ0n) is 15.1. The van der Waals surface area contributed by atoms with Gasteiger partial charge < -0.3 is 10.2 Å². The molecular formula is C22H26N2O. The van der Waals surface area contributed by atoms with Gasteiger partial charge in [-0.15, -0.1) is 0 Å². The van der Waals surface area contributed by atoms with Crippen LogP contribution in [0.4, 0.5) is 5.69 Å². The molecule has 0 saturated carbocycles. The number of nitrogens with one attached hydrogen (secondary N) is 1. The van der Waals surface area contributed by atoms with Crippen LogP contribution >= 0.6 is 0 Å². The Bertz CT molecular complexity index is 788. The number of hydrogen-bond donors (Lipinski definition) is 1. The third-order valence-electron chi connectivity index (χ3n) is 6.16. The molecule has 2 atom stereocenters. The van der Waals surface area contributed by atoms with Gasteiger partial charge in [0.05, 0.1) is 12.0 Å². The number of anilines is 1. The summed E-state index contributed by atoms with van der Waals surface area (Å²) >= 11 is 0. The van der Waals surface area contributed by atoms with E-state index in [1.165, 1.54) is 11.1 Å². The highest BCUT2D eigenvalue weighted by molar-refractivity contribution is 6.09. The van der Waals surface area contributed by atoms with Crippen LogP contribution in [-0.4, -0.2) is 18.0 Å². The van der Waals surface area contributed by atoms with Crippen molar-refractivity contribution in [2.75, 3.05) is 11.4 Å². The summed E-state index contributed by atoms with van der Waals surface area (Å²) < 4.78 is 0. The van der Waals surface area contributed by atoms with Crippen LogP contribution in [0.15, 0.2) is 54.6 Å². The van der Waals surface area contributed by atoms with E-state index in [1.807, 2.05) is 29.2 Å². The molecule has 2 aliphatic heterocycles. The Balaban J connectivity index is 1.82. The first-order chi connectivity index (χ1) is 12.1. The summed E-state index contributed by atoms with van der Waals surface area (Å²) in [5, 5.41) is 3.67. The van der Waals surface area contributed by atoms with E-state index in [4.69, 9.17) is 0 Å². The molecule has 2 aromatic rings. The second-order valence-corrected chi connectivity index (χ2v) is 7.56. The van der Waals surface area contributed by atoms with E-state index < -0.39 is 5.41 Å². The lowest BCUT2D eigenvalue weighted by Gasteiger charge is -2.40. The molecule has 1 spiro atoms. The van der Waals surface area contributed by atoms with Gasteiger partial charge in [-0.1, -0.05) is 61.9 Å². The first kappa shape index (κ1) is 16.3. The van der Waals surface area contributed by atoms with Crippen LogP contribution in [0.2, 0.25) is 0 Å². The van der Waals surface area contributed by atoms with Crippen molar-refractivity contribution in [2.45, 2.75) is 50.6 Å². The summed E-state index contributed by atoms with van der Waals surface area (Å²) in [5.74, 6) is 0.263. The fraction of sp³-hybridized carbons (Fsp3) is 0.409. The summed E-state index contributed by atoms with van der Waals surface area (Å²) in [7, 11) is 0. The normalized spacial score (nSPS) is 27.9. The minimum absolute atomic E-state index is 0.180. The summed E-state index contributed by atoms with van der Waals surface area (Å²) in [6.07, 6.45) is 2.95. The van der Waals surface area contributed by atoms with Crippen molar-refractivity contribution in [1.82, 2.24) is 5.32 Å². The van der Waals surface area contributed by atoms with E-state index in [1.54, 1.807) is 0 Å². The van der Waals surface area contributed by atoms with E-state index in [0.29, 0.717) is 6.54 Å². The number of rotatable bonds is 4. The number of fused-ring (bicyclic) bond motifs is 2. The van der Waals surface area contributed by atoms with Gasteiger partial charge in [-0.3, -0.25) is 4.79 Å². The van der Waals surface area contributed by atoms with Crippen molar-refractivity contribution in [3.8, 4) is 0 Å². The fourth-order valence-corrected chi connectivity index (χ4v) is 4.98. The van der Waals surface area contributed by atoms with Gasteiger partial charge in [-0.25, -0.2) is 0 Å². The largest absolute Gasteiger partial charge is 0.310 e. The molecule has 0 aliphatic carbocycles. The standard InChI is InChI=1S/C22H26N2O/c1-3-13-21(2)22(14-15-23-21)18-11-7-8-12-19(18)24(20(22)25)16-17-9-5-4-6-10-17/h4-12,23H,3,13-16H2,1-2H3. The Hall–Kier alpha value is -2.13. The van der Waals surface area contributed by atoms with Gasteiger partial charge in [-0.2, -0.15) is 0 Å². The SMILES string of the molecule is CCCC1(C)NCCC12C(=O)N(Cc1ccccc1)c1ccccc12. The molecule has 1 N–H and O–H groups in total. The van der Waals surface area contributed by atoms with Gasteiger partial charge in [0.25, 0.3) is 0 Å². The topological polar surface area (TPSA) is 32.3 Å². The zero-order valence-corrected chi connectivity index (χ0v) is 15.1. The van der Waals surface area contributed by atoms with Crippen molar-refractivity contribution in [1.29, 1.82) is 0 Å². The van der Waals surface area contributed by atoms with Crippen LogP contribution in [0, 0.1) is 0 Å². The van der Waals surface area contributed by atoms with Gasteiger partial charge in [0, 0.05) is 11.2 Å². The van der Waals surface area contributed by atoms with Crippen LogP contribution < -0.4 is 10.2 Å². The minimum Gasteiger partial charge on any atom is -0.310 e. The fourth-order valence-electron chi connectivity index (χ4n) is 4.98. The third kappa shape index (κ3) is 2.26. The van der Waals surface area contributed by atoms with Gasteiger partial charge in [0.1, 0.15) is 0 Å². The van der Waals surface area contributed by atoms with Gasteiger partial charge in [0.2, 0.25) is 5.91 Å². The van der Waals surface area contributed by atoms with Gasteiger partial charge in [0.15, 0.2) is 0 Å². The first-order valence-corrected chi connectivity index (χ1v) is 9.33. The molecule has 0 aromatic heterocycles. The average molecular weight is 334 g/mol. The predicted molar refractivity (Wildman–Crippen MR) is 102 cm³/mol. The van der Waals surface area contributed by atoms with Crippen LogP contribution in [-0.2, 0) is 16.8 Å². The Labute approximate surface area is 150 Å². The molecule has 1 amide bonds. The molecule has 2 aliphatic rings. The summed E-state index contributed by atoms with van der Waals surface area (Å²) in [6.45, 7) is 5.98. The first-order valence-electron chi connectivity index (χ1n) is 9.33. The third-order valence-corrected chi connectivity index (χ3v) is 6.16. The van der Waals surface area contributed by atoms with Crippen LogP contribution in [0.25, 0.3) is 0 Å². The number of amides is 1. The summed E-state index contributed by atoms with van der Waals surface area (Å²) in [5.41, 5.74) is 2.85. The molecule has 3 heteroatoms. The number of nitrogens with zero attached hydrogens (tertiary/aromatic N) is 1. The Kier molecular flexibility index (Phi) is 3.92. The van der Waals surface area contributed by atoms with Crippen LogP contribution in [0.3, 0.4) is 0 Å². The van der Waals surface area contributed by atoms with Crippen molar-refractivity contribution in [3.63, 3.8) is 0 Å². The predicted octanol–water partition coefficient (Wildman–Crippen LogP) is 4.02. The molecular weight excluding hydrogens is 308 g/mol. The molecule has 130 valence electrons. The maximum absolute atomic E-state index is 13.8. The second-order valence-electron chi connectivity index (χ2n) is 7.56. The number of para-hydroxylation sites is 1. The highest BCUT2D eigenvalue weighted by Crippen LogP contribution is 2.54. The Morgan fingerprint density at radius 2 is 1.80 bits per heavy atom. The lowest BCUT2D eigenvalue weighted by Crippen LogP contribution is -2.57. The van der Waals surface area contributed by atoms with Crippen molar-refractivity contribution in [3.05, 3.63) is 65.7 Å². The average Bonchev–Trinajstić information content (AvgIpc) is 3.09. The molecule has 25 heavy (non-hydrogen) atoms. The highest BCUT2D eigenvalue weighted by Gasteiger charge is 2.62. The van der Waals surface area contributed by atoms with Crippen molar-refractivity contribution >= 4 is 11.6 Å². The molecule has 2 heterocycles. The smallest absolute Gasteiger partial charge is 0.239 e. The molecule has 1 fully saturated rings. The van der Waals surface area contributed by atoms with Crippen LogP contribution in [0.1, 0.15) is 44.2 Å². The maximum atomic E-state index is 13.8. The second kappa shape index (κ2) is 5.99. The van der Waals surface area contributed by atoms with E-state index in [9.17, 15) is 4.79 Å². The maximum Gasteiger partial charge on any atom is 0.239 e. The van der Waals surface area contributed by atoms with Crippen LogP contribution in [0.5, 0.6) is 0 Å². The molecule has 0 bridgehead atoms. The van der Waals surface area contributed by atoms with E-state index in [0.717, 1.165) is 31.5 Å². The Morgan fingerprint density at radius 3 is 2.56 bits per heavy atom. The van der Waals surface area contributed by atoms with Gasteiger partial charge in [-0.05, 0) is 43.5 Å². The lowest BCUT2D eigenvalue weighted by atomic mass is 9.65. The number of benzene rings is 2. The van der Waals surface area contributed by atoms with Crippen molar-refractivity contribution in [2.24, 2.45) is 0 Å². The van der Waals surface area contributed by atoms with E-state index in [-0.39, 0.29) is 11.4 Å². The van der Waals surface area contributed by atoms with E-state index >= 15 is 0 Å². The molecule has 3 nitrogen and oxygen atoms in total. The highest BCUT2D eigenvalue weighted by atomic mass is 16.2. The molecule has 4 rings (SSSR count). The molecule has 1 saturated heterocycles. The lowest BCUT2D eigenvalue weighted by molar-refractivity contribution is -0.125. The number of hydrogen-bond acceptors (Lipinski definition) is 2. The Morgan fingerprint density at radius 1 is 1.08 bits per heavy atom. The molecule has 0 radical (unpaired) electrons. The molecule has 2 unspecified atom stereocenters. The van der Waals surface area contributed by atoms with Gasteiger partial charge >= 0.3 is 0 Å². The number of carbonyl (C=O) groups is 1. The quantitative estimate of drug-likeness (QED) is 0.916. The minimum atomic E-state index is -0.436.